The van der Waals surface area contributed by atoms with Crippen LogP contribution in [0.1, 0.15) is 127 Å². The van der Waals surface area contributed by atoms with E-state index in [1.165, 1.54) is 115 Å². The zero-order valence-electron chi connectivity index (χ0n) is 21.9. The van der Waals surface area contributed by atoms with Gasteiger partial charge in [-0.25, -0.2) is 4.39 Å². The molecule has 5 rings (SSSR count). The summed E-state index contributed by atoms with van der Waals surface area (Å²) in [6, 6.07) is 15.7. The van der Waals surface area contributed by atoms with Gasteiger partial charge in [0.1, 0.15) is 11.9 Å². The third-order valence-corrected chi connectivity index (χ3v) is 9.36. The minimum Gasteiger partial charge on any atom is -0.206 e. The number of nitrogens with zero attached hydrogens (tertiary/aromatic N) is 1. The highest BCUT2D eigenvalue weighted by atomic mass is 19.1. The molecule has 0 saturated heterocycles. The molecule has 0 aliphatic heterocycles. The number of nitriles is 1. The van der Waals surface area contributed by atoms with Crippen molar-refractivity contribution in [3.8, 4) is 17.2 Å². The standard InChI is InChI=1S/C33H44FN/c1-2-3-4-5-6-7-8-9-10-13-18-32-19-22-33(23-20-32,24-21-32)30-15-12-11-14-29(30)27-16-17-28(26-35)31(34)25-27/h11-12,14-17,25H,2-10,13,18-24H2,1H3. The predicted molar refractivity (Wildman–Crippen MR) is 145 cm³/mol. The molecule has 0 radical (unpaired) electrons. The number of hydrogen-bond donors (Lipinski definition) is 0. The van der Waals surface area contributed by atoms with Crippen molar-refractivity contribution in [2.45, 2.75) is 121 Å². The van der Waals surface area contributed by atoms with Crippen molar-refractivity contribution in [1.29, 1.82) is 5.26 Å². The van der Waals surface area contributed by atoms with E-state index in [0.29, 0.717) is 5.41 Å². The quantitative estimate of drug-likeness (QED) is 0.265. The lowest BCUT2D eigenvalue weighted by Gasteiger charge is -2.54. The van der Waals surface area contributed by atoms with Crippen molar-refractivity contribution >= 4 is 0 Å². The van der Waals surface area contributed by atoms with E-state index in [1.54, 1.807) is 12.1 Å². The van der Waals surface area contributed by atoms with Gasteiger partial charge in [0.2, 0.25) is 0 Å². The minimum absolute atomic E-state index is 0.122. The number of halogens is 1. The molecule has 0 spiro atoms. The molecule has 3 aliphatic carbocycles. The summed E-state index contributed by atoms with van der Waals surface area (Å²) in [5, 5.41) is 9.11. The normalized spacial score (nSPS) is 23.3. The molecule has 2 aromatic rings. The zero-order valence-corrected chi connectivity index (χ0v) is 21.9. The SMILES string of the molecule is CCCCCCCCCCCCC12CCC(c3ccccc3-c3ccc(C#N)c(F)c3)(CC1)CC2. The van der Waals surface area contributed by atoms with E-state index < -0.39 is 5.82 Å². The monoisotopic (exact) mass is 473 g/mol. The maximum atomic E-state index is 14.4. The number of benzene rings is 2. The highest BCUT2D eigenvalue weighted by Crippen LogP contribution is 2.60. The predicted octanol–water partition coefficient (Wildman–Crippen LogP) is 10.3. The Balaban J connectivity index is 1.30. The van der Waals surface area contributed by atoms with Gasteiger partial charge in [-0.2, -0.15) is 5.26 Å². The highest BCUT2D eigenvalue weighted by Gasteiger charge is 2.49. The minimum atomic E-state index is -0.417. The molecular weight excluding hydrogens is 429 g/mol. The zero-order chi connectivity index (χ0) is 24.6. The molecule has 0 N–H and O–H groups in total. The second kappa shape index (κ2) is 12.2. The first-order valence-electron chi connectivity index (χ1n) is 14.4. The fraction of sp³-hybridized carbons (Fsp3) is 0.606. The molecule has 1 nitrogen and oxygen atoms in total. The van der Waals surface area contributed by atoms with Crippen LogP contribution in [0, 0.1) is 22.6 Å². The van der Waals surface area contributed by atoms with Crippen LogP contribution in [-0.4, -0.2) is 0 Å². The molecular formula is C33H44FN. The van der Waals surface area contributed by atoms with Crippen LogP contribution in [0.5, 0.6) is 0 Å². The second-order valence-electron chi connectivity index (χ2n) is 11.6. The molecule has 3 fully saturated rings. The molecule has 0 aromatic heterocycles. The summed E-state index contributed by atoms with van der Waals surface area (Å²) in [7, 11) is 0. The van der Waals surface area contributed by atoms with Gasteiger partial charge < -0.3 is 0 Å². The number of fused-ring (bicyclic) bond motifs is 3. The van der Waals surface area contributed by atoms with Gasteiger partial charge in [-0.05, 0) is 84.6 Å². The molecule has 0 atom stereocenters. The van der Waals surface area contributed by atoms with Crippen molar-refractivity contribution in [2.75, 3.05) is 0 Å². The van der Waals surface area contributed by atoms with Crippen LogP contribution in [0.4, 0.5) is 4.39 Å². The topological polar surface area (TPSA) is 23.8 Å². The Morgan fingerprint density at radius 3 is 1.97 bits per heavy atom. The van der Waals surface area contributed by atoms with Crippen LogP contribution in [0.3, 0.4) is 0 Å². The average Bonchev–Trinajstić information content (AvgIpc) is 2.91. The molecule has 0 amide bonds. The molecule has 0 heterocycles. The summed E-state index contributed by atoms with van der Waals surface area (Å²) in [5.74, 6) is -0.417. The van der Waals surface area contributed by atoms with E-state index in [1.807, 2.05) is 12.1 Å². The number of rotatable bonds is 13. The average molecular weight is 474 g/mol. The Bertz CT molecular complexity index is 976. The van der Waals surface area contributed by atoms with Crippen molar-refractivity contribution < 1.29 is 4.39 Å². The largest absolute Gasteiger partial charge is 0.206 e. The molecule has 0 unspecified atom stereocenters. The molecule has 3 aliphatic rings. The summed E-state index contributed by atoms with van der Waals surface area (Å²) in [4.78, 5) is 0. The van der Waals surface area contributed by atoms with Gasteiger partial charge in [0.15, 0.2) is 0 Å². The van der Waals surface area contributed by atoms with Gasteiger partial charge in [-0.15, -0.1) is 0 Å². The van der Waals surface area contributed by atoms with E-state index >= 15 is 0 Å². The first-order valence-corrected chi connectivity index (χ1v) is 14.4. The molecule has 2 heteroatoms. The Morgan fingerprint density at radius 1 is 0.771 bits per heavy atom. The lowest BCUT2D eigenvalue weighted by atomic mass is 9.50. The molecule has 2 aromatic carbocycles. The van der Waals surface area contributed by atoms with E-state index in [4.69, 9.17) is 5.26 Å². The van der Waals surface area contributed by atoms with Gasteiger partial charge >= 0.3 is 0 Å². The second-order valence-corrected chi connectivity index (χ2v) is 11.6. The first kappa shape index (κ1) is 25.9. The van der Waals surface area contributed by atoms with Crippen LogP contribution in [0.15, 0.2) is 42.5 Å². The third-order valence-electron chi connectivity index (χ3n) is 9.36. The third kappa shape index (κ3) is 6.17. The van der Waals surface area contributed by atoms with E-state index in [2.05, 4.69) is 31.2 Å². The Hall–Kier alpha value is -2.14. The van der Waals surface area contributed by atoms with Gasteiger partial charge in [0.05, 0.1) is 5.56 Å². The van der Waals surface area contributed by atoms with Gasteiger partial charge in [0, 0.05) is 0 Å². The van der Waals surface area contributed by atoms with E-state index in [0.717, 1.165) is 11.1 Å². The summed E-state index contributed by atoms with van der Waals surface area (Å²) in [5.41, 5.74) is 4.39. The highest BCUT2D eigenvalue weighted by molar-refractivity contribution is 5.70. The van der Waals surface area contributed by atoms with Crippen LogP contribution in [-0.2, 0) is 5.41 Å². The van der Waals surface area contributed by atoms with Crippen LogP contribution in [0.25, 0.3) is 11.1 Å². The van der Waals surface area contributed by atoms with Crippen molar-refractivity contribution in [1.82, 2.24) is 0 Å². The van der Waals surface area contributed by atoms with E-state index in [9.17, 15) is 4.39 Å². The number of hydrogen-bond acceptors (Lipinski definition) is 1. The Morgan fingerprint density at radius 2 is 1.37 bits per heavy atom. The first-order chi connectivity index (χ1) is 17.1. The van der Waals surface area contributed by atoms with Crippen molar-refractivity contribution in [2.24, 2.45) is 5.41 Å². The van der Waals surface area contributed by atoms with Gasteiger partial charge in [-0.1, -0.05) is 101 Å². The van der Waals surface area contributed by atoms with Gasteiger partial charge in [0.25, 0.3) is 0 Å². The summed E-state index contributed by atoms with van der Waals surface area (Å²) in [6.45, 7) is 2.29. The lowest BCUT2D eigenvalue weighted by Crippen LogP contribution is -2.44. The summed E-state index contributed by atoms with van der Waals surface area (Å²) in [6.07, 6.45) is 23.4. The van der Waals surface area contributed by atoms with Crippen molar-refractivity contribution in [3.05, 3.63) is 59.4 Å². The molecule has 188 valence electrons. The maximum absolute atomic E-state index is 14.4. The number of unbranched alkanes of at least 4 members (excludes halogenated alkanes) is 9. The van der Waals surface area contributed by atoms with Crippen molar-refractivity contribution in [3.63, 3.8) is 0 Å². The van der Waals surface area contributed by atoms with E-state index in [-0.39, 0.29) is 11.0 Å². The summed E-state index contributed by atoms with van der Waals surface area (Å²) >= 11 is 0. The fourth-order valence-corrected chi connectivity index (χ4v) is 7.00. The van der Waals surface area contributed by atoms with Crippen LogP contribution < -0.4 is 0 Å². The fourth-order valence-electron chi connectivity index (χ4n) is 7.00. The Kier molecular flexibility index (Phi) is 9.04. The van der Waals surface area contributed by atoms with Crippen LogP contribution in [0.2, 0.25) is 0 Å². The molecule has 3 saturated carbocycles. The maximum Gasteiger partial charge on any atom is 0.141 e. The Labute approximate surface area is 213 Å². The molecule has 2 bridgehead atoms. The molecule has 35 heavy (non-hydrogen) atoms. The summed E-state index contributed by atoms with van der Waals surface area (Å²) < 4.78 is 14.4. The van der Waals surface area contributed by atoms with Gasteiger partial charge in [-0.3, -0.25) is 0 Å². The van der Waals surface area contributed by atoms with Crippen LogP contribution >= 0.6 is 0 Å². The lowest BCUT2D eigenvalue weighted by molar-refractivity contribution is 0.0307. The smallest absolute Gasteiger partial charge is 0.141 e.